The van der Waals surface area contributed by atoms with Crippen LogP contribution >= 0.6 is 0 Å². The summed E-state index contributed by atoms with van der Waals surface area (Å²) in [5.74, 6) is 1.42. The van der Waals surface area contributed by atoms with Crippen molar-refractivity contribution in [2.45, 2.75) is 26.4 Å². The van der Waals surface area contributed by atoms with E-state index in [-0.39, 0.29) is 12.0 Å². The maximum absolute atomic E-state index is 11.0. The van der Waals surface area contributed by atoms with Crippen molar-refractivity contribution >= 4 is 5.97 Å². The second-order valence-electron chi connectivity index (χ2n) is 3.14. The van der Waals surface area contributed by atoms with Crippen LogP contribution in [0.4, 0.5) is 0 Å². The number of hydrogen-bond donors (Lipinski definition) is 1. The SMILES string of the molecule is COC(=O)[C@H](C)NCc1ccc(C)o1. The van der Waals surface area contributed by atoms with Crippen LogP contribution in [-0.2, 0) is 16.1 Å². The molecule has 0 aliphatic rings. The third-order valence-corrected chi connectivity index (χ3v) is 1.93. The Labute approximate surface area is 83.2 Å². The number of carbonyl (C=O) groups excluding carboxylic acids is 1. The summed E-state index contributed by atoms with van der Waals surface area (Å²) in [5, 5.41) is 2.99. The summed E-state index contributed by atoms with van der Waals surface area (Å²) < 4.78 is 9.91. The number of esters is 1. The van der Waals surface area contributed by atoms with Gasteiger partial charge < -0.3 is 9.15 Å². The first-order valence-corrected chi connectivity index (χ1v) is 4.50. The Morgan fingerprint density at radius 2 is 2.36 bits per heavy atom. The summed E-state index contributed by atoms with van der Waals surface area (Å²) in [6.45, 7) is 4.17. The van der Waals surface area contributed by atoms with Crippen LogP contribution in [0.15, 0.2) is 16.5 Å². The average molecular weight is 197 g/mol. The van der Waals surface area contributed by atoms with Gasteiger partial charge >= 0.3 is 5.97 Å². The summed E-state index contributed by atoms with van der Waals surface area (Å²) >= 11 is 0. The predicted molar refractivity (Wildman–Crippen MR) is 51.8 cm³/mol. The number of furan rings is 1. The van der Waals surface area contributed by atoms with Gasteiger partial charge in [-0.3, -0.25) is 10.1 Å². The third kappa shape index (κ3) is 2.88. The van der Waals surface area contributed by atoms with E-state index in [2.05, 4.69) is 10.1 Å². The zero-order chi connectivity index (χ0) is 10.6. The van der Waals surface area contributed by atoms with E-state index >= 15 is 0 Å². The van der Waals surface area contributed by atoms with Crippen LogP contribution in [0.5, 0.6) is 0 Å². The highest BCUT2D eigenvalue weighted by atomic mass is 16.5. The number of hydrogen-bond acceptors (Lipinski definition) is 4. The van der Waals surface area contributed by atoms with Gasteiger partial charge in [-0.25, -0.2) is 0 Å². The van der Waals surface area contributed by atoms with Gasteiger partial charge in [-0.2, -0.15) is 0 Å². The first-order valence-electron chi connectivity index (χ1n) is 4.50. The Bertz CT molecular complexity index is 306. The molecule has 0 unspecified atom stereocenters. The predicted octanol–water partition coefficient (Wildman–Crippen LogP) is 1.24. The fourth-order valence-corrected chi connectivity index (χ4v) is 1.09. The molecule has 0 amide bonds. The van der Waals surface area contributed by atoms with E-state index in [0.717, 1.165) is 11.5 Å². The van der Waals surface area contributed by atoms with E-state index in [1.807, 2.05) is 19.1 Å². The lowest BCUT2D eigenvalue weighted by Gasteiger charge is -2.09. The maximum Gasteiger partial charge on any atom is 0.322 e. The quantitative estimate of drug-likeness (QED) is 0.738. The van der Waals surface area contributed by atoms with Gasteiger partial charge in [-0.15, -0.1) is 0 Å². The van der Waals surface area contributed by atoms with Gasteiger partial charge in [-0.05, 0) is 26.0 Å². The molecule has 4 nitrogen and oxygen atoms in total. The third-order valence-electron chi connectivity index (χ3n) is 1.93. The van der Waals surface area contributed by atoms with E-state index in [0.29, 0.717) is 6.54 Å². The second-order valence-corrected chi connectivity index (χ2v) is 3.14. The molecule has 0 radical (unpaired) electrons. The zero-order valence-electron chi connectivity index (χ0n) is 8.66. The lowest BCUT2D eigenvalue weighted by molar-refractivity contribution is -0.142. The molecule has 1 rings (SSSR count). The lowest BCUT2D eigenvalue weighted by atomic mass is 10.3. The molecule has 1 heterocycles. The van der Waals surface area contributed by atoms with E-state index in [4.69, 9.17) is 4.42 Å². The molecule has 0 aromatic carbocycles. The number of aryl methyl sites for hydroxylation is 1. The van der Waals surface area contributed by atoms with Crippen molar-refractivity contribution in [3.63, 3.8) is 0 Å². The molecule has 0 saturated heterocycles. The van der Waals surface area contributed by atoms with Crippen molar-refractivity contribution < 1.29 is 13.9 Å². The molecular weight excluding hydrogens is 182 g/mol. The van der Waals surface area contributed by atoms with Gasteiger partial charge in [-0.1, -0.05) is 0 Å². The van der Waals surface area contributed by atoms with Crippen molar-refractivity contribution in [3.8, 4) is 0 Å². The van der Waals surface area contributed by atoms with Crippen molar-refractivity contribution in [1.82, 2.24) is 5.32 Å². The van der Waals surface area contributed by atoms with Crippen LogP contribution in [0.2, 0.25) is 0 Å². The molecule has 1 atom stereocenters. The topological polar surface area (TPSA) is 51.5 Å². The average Bonchev–Trinajstić information content (AvgIpc) is 2.59. The number of nitrogens with one attached hydrogen (secondary N) is 1. The van der Waals surface area contributed by atoms with Crippen molar-refractivity contribution in [3.05, 3.63) is 23.7 Å². The highest BCUT2D eigenvalue weighted by molar-refractivity contribution is 5.74. The Kier molecular flexibility index (Phi) is 3.71. The highest BCUT2D eigenvalue weighted by Gasteiger charge is 2.12. The van der Waals surface area contributed by atoms with Crippen molar-refractivity contribution in [1.29, 1.82) is 0 Å². The standard InChI is InChI=1S/C10H15NO3/c1-7-4-5-9(14-7)6-11-8(2)10(12)13-3/h4-5,8,11H,6H2,1-3H3/t8-/m0/s1. The molecule has 1 N–H and O–H groups in total. The molecule has 0 aliphatic carbocycles. The van der Waals surface area contributed by atoms with Crippen molar-refractivity contribution in [2.75, 3.05) is 7.11 Å². The number of methoxy groups -OCH3 is 1. The minimum Gasteiger partial charge on any atom is -0.468 e. The largest absolute Gasteiger partial charge is 0.468 e. The molecule has 0 bridgehead atoms. The molecule has 0 fully saturated rings. The Morgan fingerprint density at radius 1 is 1.64 bits per heavy atom. The molecule has 0 spiro atoms. The summed E-state index contributed by atoms with van der Waals surface area (Å²) in [6.07, 6.45) is 0. The smallest absolute Gasteiger partial charge is 0.322 e. The zero-order valence-corrected chi connectivity index (χ0v) is 8.66. The maximum atomic E-state index is 11.0. The fraction of sp³-hybridized carbons (Fsp3) is 0.500. The summed E-state index contributed by atoms with van der Waals surface area (Å²) in [7, 11) is 1.37. The molecule has 4 heteroatoms. The van der Waals surface area contributed by atoms with Crippen LogP contribution < -0.4 is 5.32 Å². The molecule has 1 aromatic heterocycles. The lowest BCUT2D eigenvalue weighted by Crippen LogP contribution is -2.34. The van der Waals surface area contributed by atoms with E-state index in [9.17, 15) is 4.79 Å². The second kappa shape index (κ2) is 4.81. The number of ether oxygens (including phenoxy) is 1. The van der Waals surface area contributed by atoms with Crippen LogP contribution in [0, 0.1) is 6.92 Å². The number of carbonyl (C=O) groups is 1. The monoisotopic (exact) mass is 197 g/mol. The van der Waals surface area contributed by atoms with Gasteiger partial charge in [0, 0.05) is 0 Å². The van der Waals surface area contributed by atoms with Crippen LogP contribution in [-0.4, -0.2) is 19.1 Å². The highest BCUT2D eigenvalue weighted by Crippen LogP contribution is 2.05. The van der Waals surface area contributed by atoms with Gasteiger partial charge in [0.05, 0.1) is 13.7 Å². The Hall–Kier alpha value is -1.29. The molecule has 14 heavy (non-hydrogen) atoms. The fourth-order valence-electron chi connectivity index (χ4n) is 1.09. The normalized spacial score (nSPS) is 12.5. The Morgan fingerprint density at radius 3 is 2.86 bits per heavy atom. The molecular formula is C10H15NO3. The Balaban J connectivity index is 2.37. The number of rotatable bonds is 4. The van der Waals surface area contributed by atoms with Crippen LogP contribution in [0.25, 0.3) is 0 Å². The van der Waals surface area contributed by atoms with Gasteiger partial charge in [0.1, 0.15) is 17.6 Å². The summed E-state index contributed by atoms with van der Waals surface area (Å²) in [5.41, 5.74) is 0. The van der Waals surface area contributed by atoms with E-state index in [1.165, 1.54) is 7.11 Å². The molecule has 1 aromatic rings. The summed E-state index contributed by atoms with van der Waals surface area (Å²) in [6, 6.07) is 3.46. The molecule has 0 aliphatic heterocycles. The van der Waals surface area contributed by atoms with Gasteiger partial charge in [0.2, 0.25) is 0 Å². The van der Waals surface area contributed by atoms with Crippen LogP contribution in [0.3, 0.4) is 0 Å². The van der Waals surface area contributed by atoms with Gasteiger partial charge in [0.25, 0.3) is 0 Å². The molecule has 78 valence electrons. The van der Waals surface area contributed by atoms with E-state index < -0.39 is 0 Å². The summed E-state index contributed by atoms with van der Waals surface area (Å²) in [4.78, 5) is 11.0. The minimum absolute atomic E-state index is 0.270. The van der Waals surface area contributed by atoms with Gasteiger partial charge in [0.15, 0.2) is 0 Å². The first-order chi connectivity index (χ1) is 6.63. The van der Waals surface area contributed by atoms with Crippen molar-refractivity contribution in [2.24, 2.45) is 0 Å². The first kappa shape index (κ1) is 10.8. The minimum atomic E-state index is -0.314. The van der Waals surface area contributed by atoms with E-state index in [1.54, 1.807) is 6.92 Å². The van der Waals surface area contributed by atoms with Crippen LogP contribution in [0.1, 0.15) is 18.4 Å². The molecule has 0 saturated carbocycles.